The first-order chi connectivity index (χ1) is 11.6. The van der Waals surface area contributed by atoms with Crippen molar-refractivity contribution < 1.29 is 4.79 Å². The van der Waals surface area contributed by atoms with Gasteiger partial charge in [0.25, 0.3) is 5.56 Å². The second-order valence-corrected chi connectivity index (χ2v) is 6.30. The average molecular weight is 343 g/mol. The molecule has 1 amide bonds. The van der Waals surface area contributed by atoms with Crippen LogP contribution in [-0.2, 0) is 11.3 Å². The maximum absolute atomic E-state index is 12.0. The monoisotopic (exact) mass is 343 g/mol. The number of fused-ring (bicyclic) bond motifs is 1. The number of hydrogen-bond donors (Lipinski definition) is 2. The summed E-state index contributed by atoms with van der Waals surface area (Å²) in [4.78, 5) is 26.4. The van der Waals surface area contributed by atoms with Gasteiger partial charge in [-0.05, 0) is 19.4 Å². The van der Waals surface area contributed by atoms with Crippen LogP contribution in [0.5, 0.6) is 0 Å². The van der Waals surface area contributed by atoms with E-state index in [0.717, 1.165) is 11.3 Å². The van der Waals surface area contributed by atoms with E-state index < -0.39 is 0 Å². The van der Waals surface area contributed by atoms with Crippen molar-refractivity contribution in [3.8, 4) is 0 Å². The highest BCUT2D eigenvalue weighted by Crippen LogP contribution is 2.17. The zero-order valence-electron chi connectivity index (χ0n) is 13.4. The molecule has 8 heteroatoms. The lowest BCUT2D eigenvalue weighted by Crippen LogP contribution is -2.24. The number of carbonyl (C=O) groups is 1. The average Bonchev–Trinajstić information content (AvgIpc) is 3.00. The fourth-order valence-electron chi connectivity index (χ4n) is 2.25. The number of aromatic amines is 1. The fourth-order valence-corrected chi connectivity index (χ4v) is 3.07. The molecule has 3 aromatic rings. The standard InChI is InChI=1S/C16H17N5O2S/c1-10-11(2)21-15(18-14(10)23)19-20-16(21)24-9-13(22)17-8-12-6-4-3-5-7-12/h3-7H,8-9H2,1-2H3,(H,17,22)(H,18,19,23). The Morgan fingerprint density at radius 3 is 2.75 bits per heavy atom. The first-order valence-electron chi connectivity index (χ1n) is 7.44. The molecule has 0 fully saturated rings. The van der Waals surface area contributed by atoms with Gasteiger partial charge in [0.1, 0.15) is 0 Å². The van der Waals surface area contributed by atoms with Crippen molar-refractivity contribution in [3.63, 3.8) is 0 Å². The number of nitrogens with one attached hydrogen (secondary N) is 2. The highest BCUT2D eigenvalue weighted by Gasteiger charge is 2.13. The van der Waals surface area contributed by atoms with Crippen molar-refractivity contribution in [1.82, 2.24) is 24.9 Å². The number of nitrogens with zero attached hydrogens (tertiary/aromatic N) is 3. The van der Waals surface area contributed by atoms with Gasteiger partial charge in [0, 0.05) is 17.8 Å². The summed E-state index contributed by atoms with van der Waals surface area (Å²) < 4.78 is 1.76. The summed E-state index contributed by atoms with van der Waals surface area (Å²) in [6.07, 6.45) is 0. The van der Waals surface area contributed by atoms with E-state index in [1.54, 1.807) is 11.3 Å². The van der Waals surface area contributed by atoms with E-state index in [-0.39, 0.29) is 17.2 Å². The number of rotatable bonds is 5. The van der Waals surface area contributed by atoms with Gasteiger partial charge in [-0.1, -0.05) is 42.1 Å². The zero-order chi connectivity index (χ0) is 17.1. The van der Waals surface area contributed by atoms with Crippen LogP contribution < -0.4 is 10.9 Å². The van der Waals surface area contributed by atoms with Crippen molar-refractivity contribution in [1.29, 1.82) is 0 Å². The molecule has 2 heterocycles. The molecule has 2 aromatic heterocycles. The van der Waals surface area contributed by atoms with E-state index in [9.17, 15) is 9.59 Å². The molecule has 0 unspecified atom stereocenters. The number of aromatic nitrogens is 4. The van der Waals surface area contributed by atoms with Crippen LogP contribution in [0.4, 0.5) is 0 Å². The summed E-state index contributed by atoms with van der Waals surface area (Å²) in [5.41, 5.74) is 2.25. The van der Waals surface area contributed by atoms with E-state index in [1.165, 1.54) is 11.8 Å². The minimum Gasteiger partial charge on any atom is -0.351 e. The Morgan fingerprint density at radius 1 is 1.25 bits per heavy atom. The van der Waals surface area contributed by atoms with Gasteiger partial charge < -0.3 is 5.32 Å². The van der Waals surface area contributed by atoms with Crippen LogP contribution in [0.15, 0.2) is 40.3 Å². The number of carbonyl (C=O) groups excluding carboxylic acids is 1. The van der Waals surface area contributed by atoms with E-state index in [4.69, 9.17) is 0 Å². The van der Waals surface area contributed by atoms with Crippen molar-refractivity contribution in [2.75, 3.05) is 5.75 Å². The maximum Gasteiger partial charge on any atom is 0.255 e. The Morgan fingerprint density at radius 2 is 2.00 bits per heavy atom. The minimum atomic E-state index is -0.176. The highest BCUT2D eigenvalue weighted by molar-refractivity contribution is 7.99. The molecule has 7 nitrogen and oxygen atoms in total. The molecular weight excluding hydrogens is 326 g/mol. The molecule has 0 aliphatic heterocycles. The van der Waals surface area contributed by atoms with Crippen molar-refractivity contribution in [3.05, 3.63) is 57.5 Å². The molecule has 0 bridgehead atoms. The van der Waals surface area contributed by atoms with Gasteiger partial charge >= 0.3 is 0 Å². The van der Waals surface area contributed by atoms with E-state index >= 15 is 0 Å². The van der Waals surface area contributed by atoms with Gasteiger partial charge in [-0.3, -0.25) is 19.0 Å². The lowest BCUT2D eigenvalue weighted by Gasteiger charge is -2.06. The molecule has 24 heavy (non-hydrogen) atoms. The van der Waals surface area contributed by atoms with Crippen LogP contribution in [0.2, 0.25) is 0 Å². The van der Waals surface area contributed by atoms with E-state index in [0.29, 0.717) is 23.0 Å². The summed E-state index contributed by atoms with van der Waals surface area (Å²) in [5.74, 6) is 0.528. The Hall–Kier alpha value is -2.61. The molecular formula is C16H17N5O2S. The van der Waals surface area contributed by atoms with E-state index in [1.807, 2.05) is 37.3 Å². The third-order valence-electron chi connectivity index (χ3n) is 3.74. The molecule has 0 spiro atoms. The number of aryl methyl sites for hydroxylation is 1. The second kappa shape index (κ2) is 6.88. The van der Waals surface area contributed by atoms with E-state index in [2.05, 4.69) is 20.5 Å². The Kier molecular flexibility index (Phi) is 4.66. The van der Waals surface area contributed by atoms with Crippen molar-refractivity contribution >= 4 is 23.4 Å². The van der Waals surface area contributed by atoms with Gasteiger partial charge in [-0.15, -0.1) is 10.2 Å². The number of amides is 1. The summed E-state index contributed by atoms with van der Waals surface area (Å²) in [7, 11) is 0. The highest BCUT2D eigenvalue weighted by atomic mass is 32.2. The predicted octanol–water partition coefficient (Wildman–Crippen LogP) is 1.44. The third kappa shape index (κ3) is 3.33. The maximum atomic E-state index is 12.0. The van der Waals surface area contributed by atoms with Crippen LogP contribution in [0.1, 0.15) is 16.8 Å². The van der Waals surface area contributed by atoms with Crippen molar-refractivity contribution in [2.24, 2.45) is 0 Å². The molecule has 0 aliphatic rings. The van der Waals surface area contributed by atoms with Gasteiger partial charge in [0.15, 0.2) is 5.16 Å². The summed E-state index contributed by atoms with van der Waals surface area (Å²) in [5, 5.41) is 11.5. The summed E-state index contributed by atoms with van der Waals surface area (Å²) in [6, 6.07) is 9.73. The Bertz CT molecular complexity index is 933. The van der Waals surface area contributed by atoms with Crippen molar-refractivity contribution in [2.45, 2.75) is 25.5 Å². The number of thioether (sulfide) groups is 1. The quantitative estimate of drug-likeness (QED) is 0.684. The zero-order valence-corrected chi connectivity index (χ0v) is 14.2. The van der Waals surface area contributed by atoms with Gasteiger partial charge in [-0.25, -0.2) is 0 Å². The van der Waals surface area contributed by atoms with Crippen LogP contribution in [0.25, 0.3) is 5.78 Å². The Balaban J connectivity index is 1.66. The first-order valence-corrected chi connectivity index (χ1v) is 8.43. The van der Waals surface area contributed by atoms with Crippen LogP contribution in [0.3, 0.4) is 0 Å². The summed E-state index contributed by atoms with van der Waals surface area (Å²) in [6.45, 7) is 4.07. The molecule has 3 rings (SSSR count). The number of H-pyrrole nitrogens is 1. The molecule has 0 aliphatic carbocycles. The van der Waals surface area contributed by atoms with Crippen LogP contribution in [-0.4, -0.2) is 31.2 Å². The third-order valence-corrected chi connectivity index (χ3v) is 4.67. The lowest BCUT2D eigenvalue weighted by atomic mass is 10.2. The largest absolute Gasteiger partial charge is 0.351 e. The molecule has 124 valence electrons. The minimum absolute atomic E-state index is 0.0839. The summed E-state index contributed by atoms with van der Waals surface area (Å²) >= 11 is 1.28. The SMILES string of the molecule is Cc1c(C)n2c(SCC(=O)NCc3ccccc3)nnc2[nH]c1=O. The predicted molar refractivity (Wildman–Crippen MR) is 92.1 cm³/mol. The second-order valence-electron chi connectivity index (χ2n) is 5.36. The topological polar surface area (TPSA) is 92.2 Å². The lowest BCUT2D eigenvalue weighted by molar-refractivity contribution is -0.118. The molecule has 0 radical (unpaired) electrons. The van der Waals surface area contributed by atoms with Gasteiger partial charge in [0.05, 0.1) is 5.75 Å². The molecule has 2 N–H and O–H groups in total. The van der Waals surface area contributed by atoms with Gasteiger partial charge in [0.2, 0.25) is 11.7 Å². The normalized spacial score (nSPS) is 10.9. The Labute approximate surface area is 142 Å². The smallest absolute Gasteiger partial charge is 0.255 e. The number of benzene rings is 1. The molecule has 0 saturated heterocycles. The van der Waals surface area contributed by atoms with Gasteiger partial charge in [-0.2, -0.15) is 0 Å². The van der Waals surface area contributed by atoms with Crippen LogP contribution >= 0.6 is 11.8 Å². The van der Waals surface area contributed by atoms with Crippen LogP contribution in [0, 0.1) is 13.8 Å². The number of hydrogen-bond acceptors (Lipinski definition) is 5. The first kappa shape index (κ1) is 16.3. The molecule has 0 saturated carbocycles. The fraction of sp³-hybridized carbons (Fsp3) is 0.250. The molecule has 0 atom stereocenters. The molecule has 1 aromatic carbocycles.